The predicted molar refractivity (Wildman–Crippen MR) is 322 cm³/mol. The van der Waals surface area contributed by atoms with Crippen molar-refractivity contribution in [2.24, 2.45) is 5.73 Å². The summed E-state index contributed by atoms with van der Waals surface area (Å²) in [6.45, 7) is 9.87. The quantitative estimate of drug-likeness (QED) is 0.0277. The van der Waals surface area contributed by atoms with Gasteiger partial charge < -0.3 is 64.9 Å². The van der Waals surface area contributed by atoms with Crippen LogP contribution in [0.2, 0.25) is 5.02 Å². The number of halogens is 1. The van der Waals surface area contributed by atoms with E-state index >= 15 is 0 Å². The largest absolute Gasteiger partial charge is 0.494 e. The number of nitriles is 2. The van der Waals surface area contributed by atoms with Gasteiger partial charge in [0, 0.05) is 68.2 Å². The van der Waals surface area contributed by atoms with Gasteiger partial charge in [0.1, 0.15) is 71.7 Å². The number of benzene rings is 6. The maximum atomic E-state index is 11.8. The molecule has 0 radical (unpaired) electrons. The molecule has 4 aromatic heterocycles. The minimum atomic E-state index is -0.642. The molecule has 0 amide bonds. The van der Waals surface area contributed by atoms with Gasteiger partial charge in [-0.2, -0.15) is 10.5 Å². The Bertz CT molecular complexity index is 3970. The van der Waals surface area contributed by atoms with Crippen molar-refractivity contribution in [2.45, 2.75) is 45.8 Å². The van der Waals surface area contributed by atoms with Crippen molar-refractivity contribution in [3.05, 3.63) is 188 Å². The Morgan fingerprint density at radius 1 is 0.671 bits per heavy atom. The van der Waals surface area contributed by atoms with E-state index in [2.05, 4.69) is 55.6 Å². The van der Waals surface area contributed by atoms with Crippen LogP contribution in [0.15, 0.2) is 149 Å². The first-order chi connectivity index (χ1) is 39.9. The molecule has 6 aromatic carbocycles. The van der Waals surface area contributed by atoms with Crippen LogP contribution in [0.25, 0.3) is 65.9 Å². The fourth-order valence-electron chi connectivity index (χ4n) is 9.02. The smallest absolute Gasteiger partial charge is 0.266 e. The fraction of sp³-hybridized carbons (Fsp3) is 0.250. The molecule has 9 N–H and O–H groups in total. The van der Waals surface area contributed by atoms with Crippen LogP contribution in [0, 0.1) is 36.5 Å². The van der Waals surface area contributed by atoms with Crippen molar-refractivity contribution in [3.8, 4) is 57.4 Å². The number of nitrogens with one attached hydrogen (secondary N) is 5. The SMILES string of the molecule is CCO.Cc1[nH]c(=O)c(C#N)cc1-c1ccc(OCCCN)c(Cl)c1.Cc1[nH]c(=O)c(C#N)cc1-c1ccc(OCCCNCC(O)COc2cccc3[nH]c4ccccc4c23)cc1.c1ccc2c(c1)[nH]c1cccc(OCC3CO3)c12. The molecule has 2 unspecified atom stereocenters. The number of hydrogen-bond donors (Lipinski definition) is 8. The molecule has 11 rings (SSSR count). The Labute approximate surface area is 478 Å². The number of rotatable bonds is 19. The topological polar surface area (TPSA) is 273 Å². The lowest BCUT2D eigenvalue weighted by molar-refractivity contribution is 0.107. The summed E-state index contributed by atoms with van der Waals surface area (Å²) in [6.07, 6.45) is 1.17. The number of pyridine rings is 2. The maximum absolute atomic E-state index is 11.8. The van der Waals surface area contributed by atoms with E-state index < -0.39 is 11.7 Å². The van der Waals surface area contributed by atoms with Crippen LogP contribution >= 0.6 is 11.6 Å². The summed E-state index contributed by atoms with van der Waals surface area (Å²) >= 11 is 6.22. The van der Waals surface area contributed by atoms with Crippen molar-refractivity contribution in [3.63, 3.8) is 0 Å². The van der Waals surface area contributed by atoms with Crippen molar-refractivity contribution < 1.29 is 33.9 Å². The third-order valence-corrected chi connectivity index (χ3v) is 13.4. The Morgan fingerprint density at radius 2 is 1.20 bits per heavy atom. The van der Waals surface area contributed by atoms with E-state index in [1.165, 1.54) is 5.39 Å². The molecule has 0 spiro atoms. The summed E-state index contributed by atoms with van der Waals surface area (Å²) in [6, 6.07) is 48.3. The highest BCUT2D eigenvalue weighted by atomic mass is 35.5. The minimum absolute atomic E-state index is 0.0694. The molecule has 2 atom stereocenters. The number of aromatic amines is 4. The number of aliphatic hydroxyl groups is 2. The standard InChI is InChI=1S/C31H30N4O4.C16H16ClN3O2.C15H13NO2.C2H6O/c1-20-26(16-22(17-32)31(37)34-20)21-10-12-24(13-11-21)38-15-5-14-33-18-23(36)19-39-29-9-4-8-28-30(29)25-6-2-3-7-27(25)35-28;1-10-13(7-12(9-19)16(21)20-10)11-3-4-15(14(17)8-11)22-6-2-5-18;1-2-5-12-11(4-1)15-13(16-12)6-3-7-14(15)18-9-10-8-17-10;1-2-3/h2-4,6-13,16,23,33,35-36H,5,14-15,18-19H2,1H3,(H,34,37);3-4,7-8H,2,5-6,18H2,1H3,(H,20,21);1-7,10,16H,8-9H2;3H,2H2,1H3. The molecule has 1 aliphatic heterocycles. The van der Waals surface area contributed by atoms with Gasteiger partial charge in [0.05, 0.1) is 35.9 Å². The van der Waals surface area contributed by atoms with Crippen molar-refractivity contribution in [1.82, 2.24) is 25.3 Å². The second-order valence-corrected chi connectivity index (χ2v) is 19.5. The zero-order chi connectivity index (χ0) is 58.0. The summed E-state index contributed by atoms with van der Waals surface area (Å²) in [4.78, 5) is 35.6. The lowest BCUT2D eigenvalue weighted by Crippen LogP contribution is -2.32. The Kier molecular flexibility index (Phi) is 20.9. The van der Waals surface area contributed by atoms with Crippen molar-refractivity contribution in [2.75, 3.05) is 59.3 Å². The van der Waals surface area contributed by atoms with Crippen molar-refractivity contribution in [1.29, 1.82) is 10.5 Å². The molecule has 422 valence electrons. The first kappa shape index (κ1) is 59.2. The number of H-pyrrole nitrogens is 4. The van der Waals surface area contributed by atoms with Gasteiger partial charge in [-0.1, -0.05) is 78.3 Å². The zero-order valence-electron chi connectivity index (χ0n) is 45.8. The van der Waals surface area contributed by atoms with Gasteiger partial charge in [0.2, 0.25) is 0 Å². The van der Waals surface area contributed by atoms with E-state index in [-0.39, 0.29) is 36.0 Å². The molecule has 18 heteroatoms. The second kappa shape index (κ2) is 29.0. The maximum Gasteiger partial charge on any atom is 0.266 e. The number of para-hydroxylation sites is 2. The monoisotopic (exact) mass is 1120 g/mol. The number of nitrogens with two attached hydrogens (primary N) is 1. The van der Waals surface area contributed by atoms with Crippen LogP contribution < -0.4 is 41.1 Å². The number of aliphatic hydroxyl groups excluding tert-OH is 2. The Morgan fingerprint density at radius 3 is 1.74 bits per heavy atom. The number of hydrogen-bond acceptors (Lipinski definition) is 13. The molecular weight excluding hydrogens is 1060 g/mol. The third kappa shape index (κ3) is 15.3. The summed E-state index contributed by atoms with van der Waals surface area (Å²) in [5, 5.41) is 44.3. The molecule has 1 saturated heterocycles. The second-order valence-electron chi connectivity index (χ2n) is 19.1. The van der Waals surface area contributed by atoms with E-state index in [1.54, 1.807) is 38.1 Å². The number of aryl methyl sites for hydroxylation is 2. The van der Waals surface area contributed by atoms with Gasteiger partial charge in [-0.15, -0.1) is 0 Å². The van der Waals surface area contributed by atoms with Crippen LogP contribution in [-0.2, 0) is 4.74 Å². The van der Waals surface area contributed by atoms with Gasteiger partial charge in [0.15, 0.2) is 0 Å². The highest BCUT2D eigenvalue weighted by molar-refractivity contribution is 6.32. The summed E-state index contributed by atoms with van der Waals surface area (Å²) in [7, 11) is 0. The number of nitrogens with zero attached hydrogens (tertiary/aromatic N) is 2. The Balaban J connectivity index is 0.000000172. The molecule has 82 heavy (non-hydrogen) atoms. The van der Waals surface area contributed by atoms with Crippen molar-refractivity contribution >= 4 is 55.2 Å². The lowest BCUT2D eigenvalue weighted by Gasteiger charge is -2.14. The fourth-order valence-corrected chi connectivity index (χ4v) is 9.25. The minimum Gasteiger partial charge on any atom is -0.494 e. The van der Waals surface area contributed by atoms with Gasteiger partial charge >= 0.3 is 0 Å². The molecule has 10 aromatic rings. The average Bonchev–Trinajstić information content (AvgIpc) is 4.31. The third-order valence-electron chi connectivity index (χ3n) is 13.1. The van der Waals surface area contributed by atoms with Crippen LogP contribution in [0.5, 0.6) is 23.0 Å². The van der Waals surface area contributed by atoms with Crippen LogP contribution in [0.3, 0.4) is 0 Å². The number of ether oxygens (including phenoxy) is 5. The zero-order valence-corrected chi connectivity index (χ0v) is 46.6. The van der Waals surface area contributed by atoms with Crippen LogP contribution in [0.4, 0.5) is 0 Å². The van der Waals surface area contributed by atoms with Gasteiger partial charge in [-0.05, 0) is 131 Å². The first-order valence-corrected chi connectivity index (χ1v) is 27.3. The van der Waals surface area contributed by atoms with E-state index in [9.17, 15) is 14.7 Å². The van der Waals surface area contributed by atoms with Gasteiger partial charge in [-0.3, -0.25) is 9.59 Å². The highest BCUT2D eigenvalue weighted by Gasteiger charge is 2.24. The number of epoxide rings is 1. The summed E-state index contributed by atoms with van der Waals surface area (Å²) < 4.78 is 28.4. The molecule has 17 nitrogen and oxygen atoms in total. The summed E-state index contributed by atoms with van der Waals surface area (Å²) in [5.74, 6) is 3.01. The number of fused-ring (bicyclic) bond motifs is 6. The molecule has 0 aliphatic carbocycles. The molecule has 0 saturated carbocycles. The predicted octanol–water partition coefficient (Wildman–Crippen LogP) is 10.4. The molecule has 1 fully saturated rings. The molecular formula is C64H65ClN8O9. The van der Waals surface area contributed by atoms with Crippen LogP contribution in [-0.4, -0.2) is 102 Å². The molecule has 5 heterocycles. The summed E-state index contributed by atoms with van der Waals surface area (Å²) in [5.41, 5.74) is 13.8. The first-order valence-electron chi connectivity index (χ1n) is 26.9. The van der Waals surface area contributed by atoms with Gasteiger partial charge in [-0.25, -0.2) is 0 Å². The highest BCUT2D eigenvalue weighted by Crippen LogP contribution is 2.36. The number of aromatic nitrogens is 4. The van der Waals surface area contributed by atoms with Gasteiger partial charge in [0.25, 0.3) is 11.1 Å². The van der Waals surface area contributed by atoms with Crippen LogP contribution in [0.1, 0.15) is 42.3 Å². The van der Waals surface area contributed by atoms with E-state index in [0.717, 1.165) is 97.2 Å². The van der Waals surface area contributed by atoms with E-state index in [1.807, 2.05) is 104 Å². The van der Waals surface area contributed by atoms with E-state index in [4.69, 9.17) is 56.6 Å². The molecule has 0 bridgehead atoms. The Hall–Kier alpha value is -8.91. The average molecular weight is 1130 g/mol. The molecule has 1 aliphatic rings. The normalized spacial score (nSPS) is 12.7. The van der Waals surface area contributed by atoms with E-state index in [0.29, 0.717) is 61.6 Å². The lowest BCUT2D eigenvalue weighted by atomic mass is 10.0.